The lowest BCUT2D eigenvalue weighted by atomic mass is 9.94. The monoisotopic (exact) mass is 419 g/mol. The van der Waals surface area contributed by atoms with Gasteiger partial charge in [0.1, 0.15) is 6.61 Å². The molecule has 1 unspecified atom stereocenters. The Morgan fingerprint density at radius 3 is 2.27 bits per heavy atom. The molecule has 158 valence electrons. The van der Waals surface area contributed by atoms with E-state index in [0.29, 0.717) is 11.1 Å². The third kappa shape index (κ3) is 5.54. The maximum atomic E-state index is 13.9. The fourth-order valence-electron chi connectivity index (χ4n) is 2.55. The number of halogens is 3. The lowest BCUT2D eigenvalue weighted by Gasteiger charge is -2.31. The van der Waals surface area contributed by atoms with Crippen molar-refractivity contribution in [3.05, 3.63) is 71.3 Å². The Morgan fingerprint density at radius 1 is 1.03 bits per heavy atom. The van der Waals surface area contributed by atoms with Crippen molar-refractivity contribution in [1.82, 2.24) is 5.32 Å². The van der Waals surface area contributed by atoms with Gasteiger partial charge in [-0.15, -0.1) is 0 Å². The topological polar surface area (TPSA) is 64.6 Å². The third-order valence-corrected chi connectivity index (χ3v) is 4.27. The summed E-state index contributed by atoms with van der Waals surface area (Å²) >= 11 is 0. The maximum absolute atomic E-state index is 13.9. The first kappa shape index (κ1) is 22.8. The van der Waals surface area contributed by atoms with E-state index in [4.69, 9.17) is 4.74 Å². The Hall–Kier alpha value is -3.47. The molecule has 30 heavy (non-hydrogen) atoms. The molecule has 1 N–H and O–H groups in total. The number of aryl methyl sites for hydroxylation is 1. The van der Waals surface area contributed by atoms with E-state index in [1.54, 1.807) is 66.8 Å². The van der Waals surface area contributed by atoms with Gasteiger partial charge in [-0.2, -0.15) is 13.2 Å². The number of amides is 1. The average molecular weight is 419 g/mol. The summed E-state index contributed by atoms with van der Waals surface area (Å²) in [6.07, 6.45) is -7.64. The van der Waals surface area contributed by atoms with Crippen LogP contribution in [0.4, 0.5) is 18.0 Å². The predicted octanol–water partition coefficient (Wildman–Crippen LogP) is 4.14. The molecule has 1 amide bonds. The van der Waals surface area contributed by atoms with Crippen LogP contribution in [0.15, 0.2) is 54.6 Å². The Kier molecular flexibility index (Phi) is 7.48. The van der Waals surface area contributed by atoms with Gasteiger partial charge in [0.05, 0.1) is 13.5 Å². The van der Waals surface area contributed by atoms with Gasteiger partial charge in [0, 0.05) is 5.56 Å². The summed E-state index contributed by atoms with van der Waals surface area (Å²) in [4.78, 5) is 24.2. The minimum Gasteiger partial charge on any atom is -0.467 e. The molecule has 0 bridgehead atoms. The molecule has 0 aromatic heterocycles. The zero-order valence-electron chi connectivity index (χ0n) is 16.4. The molecular weight excluding hydrogens is 399 g/mol. The van der Waals surface area contributed by atoms with Crippen molar-refractivity contribution in [3.63, 3.8) is 0 Å². The molecule has 5 nitrogen and oxygen atoms in total. The molecule has 2 aromatic rings. The van der Waals surface area contributed by atoms with E-state index in [2.05, 4.69) is 16.6 Å². The van der Waals surface area contributed by atoms with Gasteiger partial charge in [0.2, 0.25) is 5.54 Å². The maximum Gasteiger partial charge on any atom is 0.423 e. The molecule has 0 aliphatic rings. The summed E-state index contributed by atoms with van der Waals surface area (Å²) in [5.74, 6) is 3.25. The van der Waals surface area contributed by atoms with Crippen LogP contribution in [0, 0.1) is 18.8 Å². The van der Waals surface area contributed by atoms with Crippen molar-refractivity contribution in [1.29, 1.82) is 0 Å². The van der Waals surface area contributed by atoms with Gasteiger partial charge in [0.25, 0.3) is 0 Å². The molecule has 2 rings (SSSR count). The molecule has 1 atom stereocenters. The first-order valence-corrected chi connectivity index (χ1v) is 8.88. The van der Waals surface area contributed by atoms with Gasteiger partial charge in [0.15, 0.2) is 0 Å². The average Bonchev–Trinajstić information content (AvgIpc) is 2.72. The molecule has 0 aliphatic carbocycles. The summed E-state index contributed by atoms with van der Waals surface area (Å²) in [6, 6.07) is 15.2. The molecule has 0 spiro atoms. The standard InChI is InChI=1S/C22H20F3NO4/c1-16-9-6-7-12-18(16)13-8-14-21(19(27)29-2,22(23,24)25)26-20(28)30-15-17-10-4-3-5-11-17/h3-7,9-12H,14-15H2,1-2H3,(H,26,28). The second kappa shape index (κ2) is 9.83. The summed E-state index contributed by atoms with van der Waals surface area (Å²) in [5, 5.41) is 1.63. The summed E-state index contributed by atoms with van der Waals surface area (Å²) in [7, 11) is 0.800. The number of hydrogen-bond acceptors (Lipinski definition) is 4. The van der Waals surface area contributed by atoms with E-state index < -0.39 is 30.2 Å². The number of methoxy groups -OCH3 is 1. The fraction of sp³-hybridized carbons (Fsp3) is 0.273. The normalized spacial score (nSPS) is 12.7. The van der Waals surface area contributed by atoms with Crippen LogP contribution in [0.25, 0.3) is 0 Å². The van der Waals surface area contributed by atoms with Crippen LogP contribution in [-0.2, 0) is 20.9 Å². The molecule has 0 saturated heterocycles. The smallest absolute Gasteiger partial charge is 0.423 e. The van der Waals surface area contributed by atoms with Crippen molar-refractivity contribution in [2.24, 2.45) is 0 Å². The molecule has 2 aromatic carbocycles. The largest absolute Gasteiger partial charge is 0.467 e. The van der Waals surface area contributed by atoms with Gasteiger partial charge in [-0.05, 0) is 24.1 Å². The van der Waals surface area contributed by atoms with E-state index in [1.165, 1.54) is 0 Å². The third-order valence-electron chi connectivity index (χ3n) is 4.27. The van der Waals surface area contributed by atoms with Crippen LogP contribution < -0.4 is 5.32 Å². The fourth-order valence-corrected chi connectivity index (χ4v) is 2.55. The highest BCUT2D eigenvalue weighted by Crippen LogP contribution is 2.34. The predicted molar refractivity (Wildman–Crippen MR) is 103 cm³/mol. The highest BCUT2D eigenvalue weighted by atomic mass is 19.4. The quantitative estimate of drug-likeness (QED) is 0.585. The Labute approximate surface area is 172 Å². The summed E-state index contributed by atoms with van der Waals surface area (Å²) in [6.45, 7) is 1.48. The number of ether oxygens (including phenoxy) is 2. The number of hydrogen-bond donors (Lipinski definition) is 1. The van der Waals surface area contributed by atoms with Crippen LogP contribution in [0.5, 0.6) is 0 Å². The zero-order valence-corrected chi connectivity index (χ0v) is 16.4. The Bertz CT molecular complexity index is 948. The number of esters is 1. The van der Waals surface area contributed by atoms with Gasteiger partial charge < -0.3 is 9.47 Å². The molecule has 0 saturated carbocycles. The van der Waals surface area contributed by atoms with Crippen molar-refractivity contribution >= 4 is 12.1 Å². The van der Waals surface area contributed by atoms with Crippen LogP contribution in [0.3, 0.4) is 0 Å². The van der Waals surface area contributed by atoms with Crippen LogP contribution in [-0.4, -0.2) is 30.9 Å². The lowest BCUT2D eigenvalue weighted by Crippen LogP contribution is -2.64. The Balaban J connectivity index is 2.26. The van der Waals surface area contributed by atoms with E-state index >= 15 is 0 Å². The van der Waals surface area contributed by atoms with E-state index in [1.807, 2.05) is 0 Å². The van der Waals surface area contributed by atoms with Crippen molar-refractivity contribution in [3.8, 4) is 11.8 Å². The second-order valence-corrected chi connectivity index (χ2v) is 6.37. The number of rotatable bonds is 5. The van der Waals surface area contributed by atoms with Gasteiger partial charge >= 0.3 is 18.2 Å². The number of alkyl carbamates (subject to hydrolysis) is 1. The minimum atomic E-state index is -5.17. The summed E-state index contributed by atoms with van der Waals surface area (Å²) in [5.41, 5.74) is -1.53. The van der Waals surface area contributed by atoms with Crippen LogP contribution in [0.2, 0.25) is 0 Å². The lowest BCUT2D eigenvalue weighted by molar-refractivity contribution is -0.209. The number of carbonyl (C=O) groups excluding carboxylic acids is 2. The van der Waals surface area contributed by atoms with Gasteiger partial charge in [-0.3, -0.25) is 5.32 Å². The highest BCUT2D eigenvalue weighted by Gasteiger charge is 2.62. The zero-order chi connectivity index (χ0) is 22.2. The molecule has 8 heteroatoms. The first-order valence-electron chi connectivity index (χ1n) is 8.88. The Morgan fingerprint density at radius 2 is 1.67 bits per heavy atom. The van der Waals surface area contributed by atoms with Crippen molar-refractivity contribution < 1.29 is 32.2 Å². The SMILES string of the molecule is COC(=O)C(CC#Cc1ccccc1C)(NC(=O)OCc1ccccc1)C(F)(F)F. The number of alkyl halides is 3. The number of nitrogens with one attached hydrogen (secondary N) is 1. The number of benzene rings is 2. The van der Waals surface area contributed by atoms with Gasteiger partial charge in [-0.25, -0.2) is 9.59 Å². The van der Waals surface area contributed by atoms with Crippen molar-refractivity contribution in [2.75, 3.05) is 7.11 Å². The van der Waals surface area contributed by atoms with E-state index in [9.17, 15) is 22.8 Å². The van der Waals surface area contributed by atoms with E-state index in [-0.39, 0.29) is 6.61 Å². The van der Waals surface area contributed by atoms with Crippen LogP contribution >= 0.6 is 0 Å². The van der Waals surface area contributed by atoms with Crippen LogP contribution in [0.1, 0.15) is 23.1 Å². The molecule has 0 radical (unpaired) electrons. The van der Waals surface area contributed by atoms with Gasteiger partial charge in [-0.1, -0.05) is 60.4 Å². The molecular formula is C22H20F3NO4. The second-order valence-electron chi connectivity index (χ2n) is 6.37. The number of carbonyl (C=O) groups is 2. The molecule has 0 heterocycles. The minimum absolute atomic E-state index is 0.267. The highest BCUT2D eigenvalue weighted by molar-refractivity contribution is 5.87. The first-order chi connectivity index (χ1) is 14.2. The molecule has 0 aliphatic heterocycles. The van der Waals surface area contributed by atoms with E-state index in [0.717, 1.165) is 12.7 Å². The van der Waals surface area contributed by atoms with Crippen molar-refractivity contribution in [2.45, 2.75) is 31.7 Å². The molecule has 0 fully saturated rings. The summed E-state index contributed by atoms with van der Waals surface area (Å²) < 4.78 is 50.9.